The van der Waals surface area contributed by atoms with Crippen molar-refractivity contribution in [2.24, 2.45) is 10.8 Å². The molecule has 0 aromatic carbocycles. The summed E-state index contributed by atoms with van der Waals surface area (Å²) in [6.45, 7) is 6.58. The van der Waals surface area contributed by atoms with E-state index >= 15 is 0 Å². The third-order valence-electron chi connectivity index (χ3n) is 3.55. The van der Waals surface area contributed by atoms with Crippen LogP contribution >= 0.6 is 15.9 Å². The van der Waals surface area contributed by atoms with Crippen LogP contribution in [0.4, 0.5) is 0 Å². The lowest BCUT2D eigenvalue weighted by Gasteiger charge is -2.40. The van der Waals surface area contributed by atoms with Gasteiger partial charge in [-0.1, -0.05) is 49.5 Å². The van der Waals surface area contributed by atoms with Crippen LogP contribution in [0.3, 0.4) is 0 Å². The normalized spacial score (nSPS) is 21.8. The van der Waals surface area contributed by atoms with E-state index in [9.17, 15) is 4.79 Å². The molecule has 0 saturated heterocycles. The summed E-state index contributed by atoms with van der Waals surface area (Å²) in [5.41, 5.74) is 0.0743. The molecular formula is C11H19BrO. The first kappa shape index (κ1) is 11.2. The molecule has 1 saturated carbocycles. The highest BCUT2D eigenvalue weighted by atomic mass is 79.9. The Labute approximate surface area is 89.4 Å². The lowest BCUT2D eigenvalue weighted by molar-refractivity contribution is -0.131. The van der Waals surface area contributed by atoms with Crippen molar-refractivity contribution >= 4 is 21.7 Å². The molecule has 0 radical (unpaired) electrons. The number of Topliss-reactive ketones (excluding diaryl/α,β-unsaturated/α-hetero) is 1. The maximum absolute atomic E-state index is 11.9. The summed E-state index contributed by atoms with van der Waals surface area (Å²) in [6, 6.07) is 0. The van der Waals surface area contributed by atoms with Crippen molar-refractivity contribution in [3.8, 4) is 0 Å². The van der Waals surface area contributed by atoms with Gasteiger partial charge in [-0.15, -0.1) is 0 Å². The molecule has 0 aliphatic heterocycles. The van der Waals surface area contributed by atoms with Crippen LogP contribution in [0.2, 0.25) is 0 Å². The second-order valence-corrected chi connectivity index (χ2v) is 5.66. The Bertz CT molecular complexity index is 197. The Balaban J connectivity index is 2.94. The fraction of sp³-hybridized carbons (Fsp3) is 0.909. The first-order valence-electron chi connectivity index (χ1n) is 5.03. The summed E-state index contributed by atoms with van der Waals surface area (Å²) in [7, 11) is 0. The van der Waals surface area contributed by atoms with E-state index in [-0.39, 0.29) is 10.8 Å². The molecular weight excluding hydrogens is 228 g/mol. The third kappa shape index (κ3) is 1.83. The molecule has 0 unspecified atom stereocenters. The first-order valence-corrected chi connectivity index (χ1v) is 6.15. The van der Waals surface area contributed by atoms with Crippen molar-refractivity contribution in [1.29, 1.82) is 0 Å². The van der Waals surface area contributed by atoms with Crippen LogP contribution in [0.5, 0.6) is 0 Å². The first-order chi connectivity index (χ1) is 5.94. The summed E-state index contributed by atoms with van der Waals surface area (Å²) >= 11 is 3.30. The molecule has 0 aromatic rings. The quantitative estimate of drug-likeness (QED) is 0.682. The van der Waals surface area contributed by atoms with Crippen LogP contribution in [0.1, 0.15) is 46.5 Å². The molecule has 1 rings (SSSR count). The van der Waals surface area contributed by atoms with Crippen LogP contribution in [-0.2, 0) is 4.79 Å². The molecule has 1 fully saturated rings. The number of halogens is 1. The highest BCUT2D eigenvalue weighted by molar-refractivity contribution is 9.09. The van der Waals surface area contributed by atoms with Gasteiger partial charge in [0.05, 0.1) is 5.33 Å². The zero-order valence-corrected chi connectivity index (χ0v) is 10.4. The van der Waals surface area contributed by atoms with Crippen LogP contribution in [0, 0.1) is 10.8 Å². The predicted octanol–water partition coefficient (Wildman–Crippen LogP) is 3.56. The van der Waals surface area contributed by atoms with E-state index in [4.69, 9.17) is 0 Å². The third-order valence-corrected chi connectivity index (χ3v) is 4.06. The van der Waals surface area contributed by atoms with Crippen LogP contribution in [-0.4, -0.2) is 11.1 Å². The fourth-order valence-electron chi connectivity index (χ4n) is 2.55. The molecule has 0 heterocycles. The fourth-order valence-corrected chi connectivity index (χ4v) is 3.09. The molecule has 1 nitrogen and oxygen atoms in total. The molecule has 76 valence electrons. The largest absolute Gasteiger partial charge is 0.298 e. The maximum atomic E-state index is 11.9. The van der Waals surface area contributed by atoms with E-state index < -0.39 is 0 Å². The molecule has 1 aliphatic rings. The molecule has 0 atom stereocenters. The van der Waals surface area contributed by atoms with E-state index in [0.29, 0.717) is 11.1 Å². The number of carbonyl (C=O) groups is 1. The Morgan fingerprint density at radius 2 is 1.77 bits per heavy atom. The molecule has 13 heavy (non-hydrogen) atoms. The minimum Gasteiger partial charge on any atom is -0.298 e. The van der Waals surface area contributed by atoms with Gasteiger partial charge in [0.25, 0.3) is 0 Å². The van der Waals surface area contributed by atoms with Gasteiger partial charge in [-0.2, -0.15) is 0 Å². The number of hydrogen-bond acceptors (Lipinski definition) is 1. The Morgan fingerprint density at radius 3 is 2.08 bits per heavy atom. The maximum Gasteiger partial charge on any atom is 0.150 e. The number of carbonyl (C=O) groups excluding carboxylic acids is 1. The second-order valence-electron chi connectivity index (χ2n) is 5.10. The monoisotopic (exact) mass is 246 g/mol. The highest BCUT2D eigenvalue weighted by Gasteiger charge is 2.48. The van der Waals surface area contributed by atoms with Crippen molar-refractivity contribution in [1.82, 2.24) is 0 Å². The van der Waals surface area contributed by atoms with Crippen molar-refractivity contribution in [2.45, 2.75) is 46.5 Å². The van der Waals surface area contributed by atoms with E-state index in [1.165, 1.54) is 12.8 Å². The van der Waals surface area contributed by atoms with Crippen molar-refractivity contribution < 1.29 is 4.79 Å². The van der Waals surface area contributed by atoms with Crippen LogP contribution in [0.25, 0.3) is 0 Å². The molecule has 0 spiro atoms. The van der Waals surface area contributed by atoms with E-state index in [2.05, 4.69) is 36.7 Å². The minimum atomic E-state index is -0.0451. The Hall–Kier alpha value is 0.150. The van der Waals surface area contributed by atoms with Crippen LogP contribution < -0.4 is 0 Å². The average Bonchev–Trinajstić information content (AvgIpc) is 2.50. The van der Waals surface area contributed by atoms with Gasteiger partial charge in [0.15, 0.2) is 0 Å². The zero-order chi connectivity index (χ0) is 10.1. The molecule has 1 aliphatic carbocycles. The van der Waals surface area contributed by atoms with Crippen molar-refractivity contribution in [3.63, 3.8) is 0 Å². The van der Waals surface area contributed by atoms with Gasteiger partial charge in [0.1, 0.15) is 5.78 Å². The second kappa shape index (κ2) is 3.72. The van der Waals surface area contributed by atoms with Crippen molar-refractivity contribution in [3.05, 3.63) is 0 Å². The Morgan fingerprint density at radius 1 is 1.31 bits per heavy atom. The minimum absolute atomic E-state index is 0.0451. The van der Waals surface area contributed by atoms with Gasteiger partial charge in [0.2, 0.25) is 0 Å². The SMILES string of the molecule is CC(C)(C)C1(C(=O)CBr)CCCC1. The predicted molar refractivity (Wildman–Crippen MR) is 59.2 cm³/mol. The van der Waals surface area contributed by atoms with Crippen molar-refractivity contribution in [2.75, 3.05) is 5.33 Å². The van der Waals surface area contributed by atoms with Gasteiger partial charge in [-0.05, 0) is 18.3 Å². The Kier molecular flexibility index (Phi) is 3.21. The van der Waals surface area contributed by atoms with E-state index in [1.54, 1.807) is 0 Å². The zero-order valence-electron chi connectivity index (χ0n) is 8.82. The van der Waals surface area contributed by atoms with Gasteiger partial charge < -0.3 is 0 Å². The summed E-state index contributed by atoms with van der Waals surface area (Å²) in [6.07, 6.45) is 4.61. The molecule has 2 heteroatoms. The molecule has 0 aromatic heterocycles. The van der Waals surface area contributed by atoms with E-state index in [0.717, 1.165) is 12.8 Å². The highest BCUT2D eigenvalue weighted by Crippen LogP contribution is 2.51. The summed E-state index contributed by atoms with van der Waals surface area (Å²) in [4.78, 5) is 11.9. The van der Waals surface area contributed by atoms with Gasteiger partial charge in [0, 0.05) is 5.41 Å². The lowest BCUT2D eigenvalue weighted by atomic mass is 9.63. The lowest BCUT2D eigenvalue weighted by Crippen LogP contribution is -2.41. The summed E-state index contributed by atoms with van der Waals surface area (Å²) in [5.74, 6) is 0.400. The van der Waals surface area contributed by atoms with Gasteiger partial charge in [-0.25, -0.2) is 0 Å². The number of rotatable bonds is 2. The van der Waals surface area contributed by atoms with Gasteiger partial charge >= 0.3 is 0 Å². The smallest absolute Gasteiger partial charge is 0.150 e. The van der Waals surface area contributed by atoms with E-state index in [1.807, 2.05) is 0 Å². The topological polar surface area (TPSA) is 17.1 Å². The average molecular weight is 247 g/mol. The van der Waals surface area contributed by atoms with Crippen LogP contribution in [0.15, 0.2) is 0 Å². The van der Waals surface area contributed by atoms with Gasteiger partial charge in [-0.3, -0.25) is 4.79 Å². The number of hydrogen-bond donors (Lipinski definition) is 0. The molecule has 0 bridgehead atoms. The summed E-state index contributed by atoms with van der Waals surface area (Å²) < 4.78 is 0. The molecule has 0 N–H and O–H groups in total. The summed E-state index contributed by atoms with van der Waals surface area (Å²) in [5, 5.41) is 0.518. The molecule has 0 amide bonds. The standard InChI is InChI=1S/C11H19BrO/c1-10(2,3)11(9(13)8-12)6-4-5-7-11/h4-8H2,1-3H3. The number of ketones is 1. The number of alkyl halides is 1.